The zero-order chi connectivity index (χ0) is 28.1. The molecule has 0 amide bonds. The molecule has 4 aromatic carbocycles. The zero-order valence-corrected chi connectivity index (χ0v) is 25.0. The third-order valence-electron chi connectivity index (χ3n) is 8.25. The summed E-state index contributed by atoms with van der Waals surface area (Å²) in [5.74, 6) is 1.95. The van der Waals surface area contributed by atoms with Crippen LogP contribution in [0.4, 0.5) is 0 Å². The Hall–Kier alpha value is -3.85. The van der Waals surface area contributed by atoms with Gasteiger partial charge in [0.25, 0.3) is 0 Å². The van der Waals surface area contributed by atoms with Gasteiger partial charge in [0.05, 0.1) is 10.9 Å². The second-order valence-electron chi connectivity index (χ2n) is 14.2. The topological polar surface area (TPSA) is 26.2 Å². The molecule has 7 rings (SSSR count). The summed E-state index contributed by atoms with van der Waals surface area (Å²) in [4.78, 5) is 0. The number of aromatic nitrogens is 1. The highest BCUT2D eigenvalue weighted by Gasteiger charge is 2.36. The zero-order valence-electron chi connectivity index (χ0n) is 25.0. The number of fused-ring (bicyclic) bond motifs is 7. The van der Waals surface area contributed by atoms with E-state index in [1.165, 1.54) is 43.8 Å². The Bertz CT molecular complexity index is 2010. The molecule has 0 spiro atoms. The first-order valence-corrected chi connectivity index (χ1v) is 14.4. The monoisotopic (exact) mass is 528 g/mol. The second-order valence-corrected chi connectivity index (χ2v) is 14.2. The van der Waals surface area contributed by atoms with Gasteiger partial charge in [-0.05, 0) is 59.1 Å². The van der Waals surface area contributed by atoms with Crippen LogP contribution in [0.3, 0.4) is 0 Å². The Balaban J connectivity index is 1.61. The lowest BCUT2D eigenvalue weighted by Crippen LogP contribution is -2.32. The summed E-state index contributed by atoms with van der Waals surface area (Å²) in [7, 11) is 2.15. The van der Waals surface area contributed by atoms with Crippen molar-refractivity contribution in [3.05, 3.63) is 77.5 Å². The SMILES string of the molecule is Cc1c2c(c(CC(C)(C)C)c3c1oc1ccccc13)Oc1c3ccc(CC(C)(C)C)cc3cc3cc[n+](C)c-2c13. The molecule has 0 N–H and O–H groups in total. The lowest BCUT2D eigenvalue weighted by atomic mass is 9.82. The van der Waals surface area contributed by atoms with E-state index in [0.717, 1.165) is 52.0 Å². The number of furan rings is 1. The molecule has 3 nitrogen and oxygen atoms in total. The fourth-order valence-corrected chi connectivity index (χ4v) is 6.75. The average molecular weight is 529 g/mol. The summed E-state index contributed by atoms with van der Waals surface area (Å²) in [6.07, 6.45) is 4.10. The van der Waals surface area contributed by atoms with Crippen LogP contribution in [-0.2, 0) is 19.9 Å². The molecule has 0 radical (unpaired) electrons. The van der Waals surface area contributed by atoms with Crippen LogP contribution < -0.4 is 9.30 Å². The molecule has 0 atom stereocenters. The van der Waals surface area contributed by atoms with Crippen LogP contribution in [-0.4, -0.2) is 0 Å². The van der Waals surface area contributed by atoms with Crippen molar-refractivity contribution in [3.8, 4) is 22.8 Å². The minimum Gasteiger partial charge on any atom is -0.456 e. The highest BCUT2D eigenvalue weighted by molar-refractivity contribution is 6.16. The standard InChI is InChI=1S/C37H38NO2/c1-21-29-32-30-23(15-16-38(32)8)18-24-17-22(19-36(2,3)4)13-14-25(24)34(30)40-35(29)27(20-37(5,6)7)31-26-11-9-10-12-28(26)39-33(21)31/h9-18H,19-20H2,1-8H3/q+1. The number of hydrogen-bond acceptors (Lipinski definition) is 2. The van der Waals surface area contributed by atoms with Gasteiger partial charge in [-0.1, -0.05) is 77.9 Å². The number of nitrogens with zero attached hydrogens (tertiary/aromatic N) is 1. The van der Waals surface area contributed by atoms with Gasteiger partial charge in [0.2, 0.25) is 5.69 Å². The first kappa shape index (κ1) is 25.1. The molecule has 0 aliphatic carbocycles. The smallest absolute Gasteiger partial charge is 0.228 e. The van der Waals surface area contributed by atoms with Crippen molar-refractivity contribution in [2.75, 3.05) is 0 Å². The van der Waals surface area contributed by atoms with E-state index in [9.17, 15) is 0 Å². The van der Waals surface area contributed by atoms with Crippen molar-refractivity contribution in [3.63, 3.8) is 0 Å². The molecule has 0 saturated carbocycles. The van der Waals surface area contributed by atoms with E-state index in [0.29, 0.717) is 0 Å². The van der Waals surface area contributed by atoms with Gasteiger partial charge in [0, 0.05) is 33.4 Å². The number of para-hydroxylation sites is 1. The summed E-state index contributed by atoms with van der Waals surface area (Å²) < 4.78 is 16.0. The normalized spacial score (nSPS) is 13.4. The van der Waals surface area contributed by atoms with Gasteiger partial charge in [0.15, 0.2) is 6.20 Å². The Morgan fingerprint density at radius 3 is 2.25 bits per heavy atom. The number of hydrogen-bond donors (Lipinski definition) is 0. The highest BCUT2D eigenvalue weighted by atomic mass is 16.5. The number of pyridine rings is 1. The molecule has 202 valence electrons. The van der Waals surface area contributed by atoms with Crippen molar-refractivity contribution >= 4 is 43.5 Å². The van der Waals surface area contributed by atoms with Crippen LogP contribution in [0.5, 0.6) is 11.5 Å². The van der Waals surface area contributed by atoms with E-state index < -0.39 is 0 Å². The minimum absolute atomic E-state index is 0.0623. The highest BCUT2D eigenvalue weighted by Crippen LogP contribution is 2.54. The van der Waals surface area contributed by atoms with Crippen molar-refractivity contribution in [1.29, 1.82) is 0 Å². The molecule has 6 aromatic rings. The third kappa shape index (κ3) is 3.82. The summed E-state index contributed by atoms with van der Waals surface area (Å²) in [6, 6.07) is 19.9. The number of rotatable bonds is 2. The number of ether oxygens (including phenoxy) is 1. The van der Waals surface area contributed by atoms with Crippen LogP contribution >= 0.6 is 0 Å². The molecule has 1 aliphatic rings. The Kier molecular flexibility index (Phi) is 5.24. The van der Waals surface area contributed by atoms with E-state index >= 15 is 0 Å². The average Bonchev–Trinajstić information content (AvgIpc) is 3.26. The molecule has 0 fully saturated rings. The molecule has 1 aliphatic heterocycles. The van der Waals surface area contributed by atoms with Crippen molar-refractivity contribution < 1.29 is 13.7 Å². The van der Waals surface area contributed by atoms with Gasteiger partial charge in [-0.25, -0.2) is 4.57 Å². The van der Waals surface area contributed by atoms with Crippen LogP contribution in [0.15, 0.2) is 65.2 Å². The molecular weight excluding hydrogens is 490 g/mol. The quantitative estimate of drug-likeness (QED) is 0.165. The molecule has 3 heterocycles. The van der Waals surface area contributed by atoms with E-state index in [1.807, 2.05) is 0 Å². The van der Waals surface area contributed by atoms with Gasteiger partial charge in [-0.3, -0.25) is 0 Å². The number of benzene rings is 4. The van der Waals surface area contributed by atoms with E-state index in [1.54, 1.807) is 0 Å². The number of aryl methyl sites for hydroxylation is 2. The predicted molar refractivity (Wildman–Crippen MR) is 166 cm³/mol. The predicted octanol–water partition coefficient (Wildman–Crippen LogP) is 9.98. The van der Waals surface area contributed by atoms with Crippen LogP contribution in [0.25, 0.3) is 54.7 Å². The Morgan fingerprint density at radius 2 is 1.50 bits per heavy atom. The first-order valence-electron chi connectivity index (χ1n) is 14.4. The maximum Gasteiger partial charge on any atom is 0.228 e. The van der Waals surface area contributed by atoms with E-state index in [-0.39, 0.29) is 10.8 Å². The summed E-state index contributed by atoms with van der Waals surface area (Å²) in [5.41, 5.74) is 8.26. The summed E-state index contributed by atoms with van der Waals surface area (Å²) >= 11 is 0. The van der Waals surface area contributed by atoms with Gasteiger partial charge in [0.1, 0.15) is 29.7 Å². The van der Waals surface area contributed by atoms with Gasteiger partial charge < -0.3 is 9.15 Å². The maximum absolute atomic E-state index is 7.19. The lowest BCUT2D eigenvalue weighted by Gasteiger charge is -2.27. The lowest BCUT2D eigenvalue weighted by molar-refractivity contribution is -0.659. The van der Waals surface area contributed by atoms with E-state index in [2.05, 4.69) is 121 Å². The first-order chi connectivity index (χ1) is 18.9. The molecule has 0 saturated heterocycles. The maximum atomic E-state index is 7.19. The molecule has 3 heteroatoms. The van der Waals surface area contributed by atoms with Gasteiger partial charge in [-0.2, -0.15) is 0 Å². The molecule has 0 unspecified atom stereocenters. The Labute approximate surface area is 236 Å². The van der Waals surface area contributed by atoms with E-state index in [4.69, 9.17) is 9.15 Å². The minimum atomic E-state index is 0.0623. The third-order valence-corrected chi connectivity index (χ3v) is 8.25. The molecule has 2 aromatic heterocycles. The second kappa shape index (κ2) is 8.33. The van der Waals surface area contributed by atoms with Crippen molar-refractivity contribution in [1.82, 2.24) is 0 Å². The van der Waals surface area contributed by atoms with Crippen molar-refractivity contribution in [2.24, 2.45) is 17.9 Å². The van der Waals surface area contributed by atoms with Crippen molar-refractivity contribution in [2.45, 2.75) is 61.3 Å². The largest absolute Gasteiger partial charge is 0.456 e. The summed E-state index contributed by atoms with van der Waals surface area (Å²) in [6.45, 7) is 16.0. The van der Waals surface area contributed by atoms with Gasteiger partial charge in [-0.15, -0.1) is 0 Å². The fourth-order valence-electron chi connectivity index (χ4n) is 6.75. The molecule has 40 heavy (non-hydrogen) atoms. The van der Waals surface area contributed by atoms with Crippen LogP contribution in [0, 0.1) is 17.8 Å². The molecular formula is C37H38NO2+. The Morgan fingerprint density at radius 1 is 0.750 bits per heavy atom. The van der Waals surface area contributed by atoms with Crippen LogP contribution in [0.2, 0.25) is 0 Å². The fraction of sp³-hybridized carbons (Fsp3) is 0.324. The van der Waals surface area contributed by atoms with Gasteiger partial charge >= 0.3 is 0 Å². The molecule has 0 bridgehead atoms. The summed E-state index contributed by atoms with van der Waals surface area (Å²) in [5, 5.41) is 7.12. The van der Waals surface area contributed by atoms with Crippen LogP contribution in [0.1, 0.15) is 58.2 Å².